The van der Waals surface area contributed by atoms with Crippen molar-refractivity contribution in [1.29, 1.82) is 0 Å². The minimum Gasteiger partial charge on any atom is -0.399 e. The van der Waals surface area contributed by atoms with Crippen LogP contribution in [-0.2, 0) is 6.54 Å². The lowest BCUT2D eigenvalue weighted by Gasteiger charge is -2.17. The van der Waals surface area contributed by atoms with Crippen LogP contribution in [0.4, 0.5) is 15.8 Å². The van der Waals surface area contributed by atoms with E-state index in [0.717, 1.165) is 11.3 Å². The van der Waals surface area contributed by atoms with Gasteiger partial charge in [-0.3, -0.25) is 4.79 Å². The molecule has 0 aliphatic rings. The van der Waals surface area contributed by atoms with Gasteiger partial charge in [0, 0.05) is 32.0 Å². The van der Waals surface area contributed by atoms with Crippen molar-refractivity contribution in [3.8, 4) is 0 Å². The average Bonchev–Trinajstić information content (AvgIpc) is 2.46. The molecule has 2 rings (SSSR count). The third-order valence-corrected chi connectivity index (χ3v) is 3.11. The Balaban J connectivity index is 2.13. The molecule has 1 amide bonds. The zero-order valence-electron chi connectivity index (χ0n) is 12.1. The Labute approximate surface area is 123 Å². The minimum absolute atomic E-state index is 0.213. The van der Waals surface area contributed by atoms with Gasteiger partial charge in [-0.05, 0) is 35.9 Å². The molecule has 21 heavy (non-hydrogen) atoms. The van der Waals surface area contributed by atoms with Gasteiger partial charge in [0.2, 0.25) is 0 Å². The molecule has 0 aliphatic carbocycles. The minimum atomic E-state index is -0.296. The highest BCUT2D eigenvalue weighted by atomic mass is 19.1. The SMILES string of the molecule is CN(C)c1ccc(N)cc1C(=O)NCc1ccc(F)cc1. The van der Waals surface area contributed by atoms with Gasteiger partial charge in [-0.2, -0.15) is 0 Å². The van der Waals surface area contributed by atoms with Crippen molar-refractivity contribution in [2.24, 2.45) is 0 Å². The van der Waals surface area contributed by atoms with Crippen LogP contribution in [0, 0.1) is 5.82 Å². The van der Waals surface area contributed by atoms with Gasteiger partial charge in [-0.25, -0.2) is 4.39 Å². The maximum atomic E-state index is 12.8. The molecular weight excluding hydrogens is 269 g/mol. The summed E-state index contributed by atoms with van der Waals surface area (Å²) in [4.78, 5) is 14.1. The molecule has 0 saturated heterocycles. The van der Waals surface area contributed by atoms with E-state index < -0.39 is 0 Å². The Bertz CT molecular complexity index is 638. The van der Waals surface area contributed by atoms with E-state index in [4.69, 9.17) is 5.73 Å². The number of carbonyl (C=O) groups excluding carboxylic acids is 1. The molecule has 0 heterocycles. The zero-order chi connectivity index (χ0) is 15.4. The van der Waals surface area contributed by atoms with E-state index in [0.29, 0.717) is 17.8 Å². The van der Waals surface area contributed by atoms with Crippen molar-refractivity contribution < 1.29 is 9.18 Å². The van der Waals surface area contributed by atoms with Crippen molar-refractivity contribution in [1.82, 2.24) is 5.32 Å². The van der Waals surface area contributed by atoms with Crippen molar-refractivity contribution in [3.63, 3.8) is 0 Å². The van der Waals surface area contributed by atoms with Crippen LogP contribution in [0.1, 0.15) is 15.9 Å². The van der Waals surface area contributed by atoms with E-state index in [-0.39, 0.29) is 11.7 Å². The van der Waals surface area contributed by atoms with Crippen LogP contribution in [-0.4, -0.2) is 20.0 Å². The summed E-state index contributed by atoms with van der Waals surface area (Å²) < 4.78 is 12.8. The molecule has 4 nitrogen and oxygen atoms in total. The summed E-state index contributed by atoms with van der Waals surface area (Å²) >= 11 is 0. The first-order valence-corrected chi connectivity index (χ1v) is 6.57. The Hall–Kier alpha value is -2.56. The molecule has 2 aromatic rings. The summed E-state index contributed by atoms with van der Waals surface area (Å²) in [7, 11) is 3.73. The van der Waals surface area contributed by atoms with Gasteiger partial charge in [0.25, 0.3) is 5.91 Å². The molecule has 110 valence electrons. The van der Waals surface area contributed by atoms with E-state index in [1.54, 1.807) is 24.3 Å². The van der Waals surface area contributed by atoms with Gasteiger partial charge in [0.15, 0.2) is 0 Å². The van der Waals surface area contributed by atoms with Gasteiger partial charge >= 0.3 is 0 Å². The Morgan fingerprint density at radius 1 is 1.19 bits per heavy atom. The quantitative estimate of drug-likeness (QED) is 0.849. The van der Waals surface area contributed by atoms with Crippen LogP contribution >= 0.6 is 0 Å². The second-order valence-corrected chi connectivity index (χ2v) is 4.98. The summed E-state index contributed by atoms with van der Waals surface area (Å²) in [6.07, 6.45) is 0. The molecular formula is C16H18FN3O. The zero-order valence-corrected chi connectivity index (χ0v) is 12.1. The topological polar surface area (TPSA) is 58.4 Å². The highest BCUT2D eigenvalue weighted by Gasteiger charge is 2.13. The van der Waals surface area contributed by atoms with Crippen LogP contribution in [0.3, 0.4) is 0 Å². The van der Waals surface area contributed by atoms with Crippen LogP contribution in [0.25, 0.3) is 0 Å². The average molecular weight is 287 g/mol. The lowest BCUT2D eigenvalue weighted by Crippen LogP contribution is -2.25. The molecule has 0 radical (unpaired) electrons. The van der Waals surface area contributed by atoms with Gasteiger partial charge < -0.3 is 16.0 Å². The van der Waals surface area contributed by atoms with Gasteiger partial charge in [-0.1, -0.05) is 12.1 Å². The fraction of sp³-hybridized carbons (Fsp3) is 0.188. The number of nitrogens with one attached hydrogen (secondary N) is 1. The third-order valence-electron chi connectivity index (χ3n) is 3.11. The standard InChI is InChI=1S/C16H18FN3O/c1-20(2)15-8-7-13(18)9-14(15)16(21)19-10-11-3-5-12(17)6-4-11/h3-9H,10,18H2,1-2H3,(H,19,21). The van der Waals surface area contributed by atoms with E-state index in [1.165, 1.54) is 12.1 Å². The first-order chi connectivity index (χ1) is 9.97. The molecule has 5 heteroatoms. The van der Waals surface area contributed by atoms with Crippen LogP contribution < -0.4 is 16.0 Å². The summed E-state index contributed by atoms with van der Waals surface area (Å²) in [6, 6.07) is 11.2. The first-order valence-electron chi connectivity index (χ1n) is 6.57. The largest absolute Gasteiger partial charge is 0.399 e. The molecule has 0 saturated carbocycles. The van der Waals surface area contributed by atoms with Gasteiger partial charge in [0.1, 0.15) is 5.82 Å². The number of benzene rings is 2. The van der Waals surface area contributed by atoms with Crippen LogP contribution in [0.15, 0.2) is 42.5 Å². The van der Waals surface area contributed by atoms with Crippen molar-refractivity contribution in [3.05, 3.63) is 59.4 Å². The number of halogens is 1. The molecule has 0 spiro atoms. The Kier molecular flexibility index (Phi) is 4.42. The van der Waals surface area contributed by atoms with Crippen molar-refractivity contribution in [2.75, 3.05) is 24.7 Å². The molecule has 0 fully saturated rings. The smallest absolute Gasteiger partial charge is 0.253 e. The predicted molar refractivity (Wildman–Crippen MR) is 82.8 cm³/mol. The van der Waals surface area contributed by atoms with E-state index >= 15 is 0 Å². The number of hydrogen-bond acceptors (Lipinski definition) is 3. The molecule has 0 unspecified atom stereocenters. The summed E-state index contributed by atoms with van der Waals surface area (Å²) in [6.45, 7) is 0.334. The lowest BCUT2D eigenvalue weighted by molar-refractivity contribution is 0.0951. The maximum Gasteiger partial charge on any atom is 0.253 e. The number of nitrogen functional groups attached to an aromatic ring is 1. The number of nitrogens with two attached hydrogens (primary N) is 1. The number of hydrogen-bond donors (Lipinski definition) is 2. The number of carbonyl (C=O) groups is 1. The van der Waals surface area contributed by atoms with E-state index in [9.17, 15) is 9.18 Å². The fourth-order valence-corrected chi connectivity index (χ4v) is 2.01. The van der Waals surface area contributed by atoms with Crippen LogP contribution in [0.5, 0.6) is 0 Å². The van der Waals surface area contributed by atoms with E-state index in [1.807, 2.05) is 25.1 Å². The third kappa shape index (κ3) is 3.72. The second-order valence-electron chi connectivity index (χ2n) is 4.98. The lowest BCUT2D eigenvalue weighted by atomic mass is 10.1. The summed E-state index contributed by atoms with van der Waals surface area (Å²) in [5, 5.41) is 2.81. The van der Waals surface area contributed by atoms with Crippen LogP contribution in [0.2, 0.25) is 0 Å². The number of anilines is 2. The predicted octanol–water partition coefficient (Wildman–Crippen LogP) is 2.40. The molecule has 0 atom stereocenters. The van der Waals surface area contributed by atoms with Crippen molar-refractivity contribution in [2.45, 2.75) is 6.54 Å². The van der Waals surface area contributed by atoms with E-state index in [2.05, 4.69) is 5.32 Å². The highest BCUT2D eigenvalue weighted by Crippen LogP contribution is 2.21. The first kappa shape index (κ1) is 14.8. The number of nitrogens with zero attached hydrogens (tertiary/aromatic N) is 1. The number of amides is 1. The molecule has 0 aromatic heterocycles. The van der Waals surface area contributed by atoms with Crippen molar-refractivity contribution >= 4 is 17.3 Å². The molecule has 3 N–H and O–H groups in total. The molecule has 2 aromatic carbocycles. The van der Waals surface area contributed by atoms with Gasteiger partial charge in [-0.15, -0.1) is 0 Å². The Morgan fingerprint density at radius 3 is 2.48 bits per heavy atom. The summed E-state index contributed by atoms with van der Waals surface area (Å²) in [5.74, 6) is -0.508. The molecule has 0 bridgehead atoms. The molecule has 0 aliphatic heterocycles. The maximum absolute atomic E-state index is 12.8. The Morgan fingerprint density at radius 2 is 1.86 bits per heavy atom. The highest BCUT2D eigenvalue weighted by molar-refractivity contribution is 6.00. The monoisotopic (exact) mass is 287 g/mol. The van der Waals surface area contributed by atoms with Gasteiger partial charge in [0.05, 0.1) is 5.56 Å². The fourth-order valence-electron chi connectivity index (χ4n) is 2.01. The summed E-state index contributed by atoms with van der Waals surface area (Å²) in [5.41, 5.74) is 8.43. The second kappa shape index (κ2) is 6.26. The number of rotatable bonds is 4. The normalized spacial score (nSPS) is 10.2.